The van der Waals surface area contributed by atoms with Gasteiger partial charge in [0.1, 0.15) is 0 Å². The molecule has 1 saturated heterocycles. The van der Waals surface area contributed by atoms with Crippen LogP contribution in [-0.2, 0) is 11.3 Å². The number of piperidine rings is 1. The second-order valence-electron chi connectivity index (χ2n) is 6.94. The van der Waals surface area contributed by atoms with Gasteiger partial charge >= 0.3 is 0 Å². The van der Waals surface area contributed by atoms with Crippen LogP contribution in [-0.4, -0.2) is 29.9 Å². The van der Waals surface area contributed by atoms with Crippen molar-refractivity contribution in [2.24, 2.45) is 11.3 Å². The van der Waals surface area contributed by atoms with E-state index in [1.807, 2.05) is 0 Å². The quantitative estimate of drug-likeness (QED) is 0.867. The van der Waals surface area contributed by atoms with Gasteiger partial charge < -0.3 is 10.2 Å². The molecule has 3 rings (SSSR count). The minimum atomic E-state index is 0.193. The fourth-order valence-electron chi connectivity index (χ4n) is 4.02. The van der Waals surface area contributed by atoms with Crippen LogP contribution < -0.4 is 5.32 Å². The summed E-state index contributed by atoms with van der Waals surface area (Å²) in [5, 5.41) is 7.76. The van der Waals surface area contributed by atoms with Gasteiger partial charge in [-0.25, -0.2) is 0 Å². The number of amides is 1. The molecule has 1 amide bonds. The second kappa shape index (κ2) is 6.71. The summed E-state index contributed by atoms with van der Waals surface area (Å²) in [5.74, 6) is 0.578. The number of hydrogen-bond donors (Lipinski definition) is 1. The van der Waals surface area contributed by atoms with Gasteiger partial charge in [-0.3, -0.25) is 4.79 Å². The maximum absolute atomic E-state index is 13.1. The van der Waals surface area contributed by atoms with E-state index in [1.54, 1.807) is 11.3 Å². The SMILES string of the molecule is CCC(CC)C(=O)N(Cc1ccsc1)C1CC12CCNCC2. The molecule has 22 heavy (non-hydrogen) atoms. The van der Waals surface area contributed by atoms with Crippen LogP contribution in [0.2, 0.25) is 0 Å². The van der Waals surface area contributed by atoms with Crippen LogP contribution >= 0.6 is 11.3 Å². The minimum absolute atomic E-state index is 0.193. The summed E-state index contributed by atoms with van der Waals surface area (Å²) in [6.45, 7) is 7.31. The third-order valence-corrected chi connectivity index (χ3v) is 6.41. The molecule has 3 nitrogen and oxygen atoms in total. The Bertz CT molecular complexity index is 489. The molecule has 2 aliphatic rings. The molecular formula is C18H28N2OS. The highest BCUT2D eigenvalue weighted by atomic mass is 32.1. The van der Waals surface area contributed by atoms with Gasteiger partial charge in [0, 0.05) is 18.5 Å². The van der Waals surface area contributed by atoms with Crippen molar-refractivity contribution in [1.29, 1.82) is 0 Å². The third-order valence-electron chi connectivity index (χ3n) is 5.67. The number of nitrogens with one attached hydrogen (secondary N) is 1. The molecule has 1 spiro atoms. The molecule has 0 radical (unpaired) electrons. The van der Waals surface area contributed by atoms with Crippen LogP contribution in [0.3, 0.4) is 0 Å². The summed E-state index contributed by atoms with van der Waals surface area (Å²) in [6.07, 6.45) is 5.58. The van der Waals surface area contributed by atoms with Crippen molar-refractivity contribution in [2.75, 3.05) is 13.1 Å². The van der Waals surface area contributed by atoms with Gasteiger partial charge in [-0.15, -0.1) is 0 Å². The van der Waals surface area contributed by atoms with Crippen LogP contribution in [0.4, 0.5) is 0 Å². The smallest absolute Gasteiger partial charge is 0.226 e. The van der Waals surface area contributed by atoms with E-state index in [0.29, 0.717) is 17.4 Å². The van der Waals surface area contributed by atoms with Crippen molar-refractivity contribution in [1.82, 2.24) is 10.2 Å². The highest BCUT2D eigenvalue weighted by molar-refractivity contribution is 7.07. The molecule has 2 fully saturated rings. The van der Waals surface area contributed by atoms with Crippen LogP contribution in [0, 0.1) is 11.3 Å². The predicted octanol–water partition coefficient (Wildman–Crippen LogP) is 3.66. The molecule has 2 heterocycles. The lowest BCUT2D eigenvalue weighted by atomic mass is 9.93. The molecule has 0 bridgehead atoms. The molecule has 1 unspecified atom stereocenters. The van der Waals surface area contributed by atoms with Gasteiger partial charge in [0.05, 0.1) is 0 Å². The van der Waals surface area contributed by atoms with E-state index in [0.717, 1.165) is 32.5 Å². The third kappa shape index (κ3) is 3.09. The first-order chi connectivity index (χ1) is 10.7. The molecule has 4 heteroatoms. The number of carbonyl (C=O) groups excluding carboxylic acids is 1. The van der Waals surface area contributed by atoms with Crippen LogP contribution in [0.15, 0.2) is 16.8 Å². The van der Waals surface area contributed by atoms with E-state index in [1.165, 1.54) is 24.8 Å². The van der Waals surface area contributed by atoms with Gasteiger partial charge in [-0.2, -0.15) is 11.3 Å². The van der Waals surface area contributed by atoms with Gasteiger partial charge in [0.25, 0.3) is 0 Å². The fourth-order valence-corrected chi connectivity index (χ4v) is 4.68. The van der Waals surface area contributed by atoms with Crippen molar-refractivity contribution in [3.63, 3.8) is 0 Å². The Balaban J connectivity index is 1.76. The lowest BCUT2D eigenvalue weighted by Crippen LogP contribution is -2.41. The molecule has 1 aromatic rings. The molecule has 1 aromatic heterocycles. The van der Waals surface area contributed by atoms with Gasteiger partial charge in [0.15, 0.2) is 0 Å². The van der Waals surface area contributed by atoms with Crippen LogP contribution in [0.5, 0.6) is 0 Å². The Morgan fingerprint density at radius 1 is 1.41 bits per heavy atom. The Labute approximate surface area is 138 Å². The average Bonchev–Trinajstić information content (AvgIpc) is 2.99. The molecule has 1 N–H and O–H groups in total. The molecule has 122 valence electrons. The van der Waals surface area contributed by atoms with E-state index < -0.39 is 0 Å². The zero-order valence-corrected chi connectivity index (χ0v) is 14.6. The monoisotopic (exact) mass is 320 g/mol. The summed E-state index contributed by atoms with van der Waals surface area (Å²) < 4.78 is 0. The van der Waals surface area contributed by atoms with E-state index in [4.69, 9.17) is 0 Å². The lowest BCUT2D eigenvalue weighted by molar-refractivity contribution is -0.137. The predicted molar refractivity (Wildman–Crippen MR) is 91.9 cm³/mol. The van der Waals surface area contributed by atoms with E-state index >= 15 is 0 Å². The van der Waals surface area contributed by atoms with Gasteiger partial charge in [-0.1, -0.05) is 13.8 Å². The summed E-state index contributed by atoms with van der Waals surface area (Å²) in [7, 11) is 0. The lowest BCUT2D eigenvalue weighted by Gasteiger charge is -2.31. The van der Waals surface area contributed by atoms with Crippen LogP contribution in [0.1, 0.15) is 51.5 Å². The number of thiophene rings is 1. The standard InChI is InChI=1S/C18H28N2OS/c1-3-15(4-2)17(21)20(12-14-5-10-22-13-14)16-11-18(16)6-8-19-9-7-18/h5,10,13,15-16,19H,3-4,6-9,11-12H2,1-2H3. The largest absolute Gasteiger partial charge is 0.335 e. The normalized spacial score (nSPS) is 23.0. The van der Waals surface area contributed by atoms with Crippen molar-refractivity contribution in [2.45, 2.75) is 58.5 Å². The Kier molecular flexibility index (Phi) is 4.88. The summed E-state index contributed by atoms with van der Waals surface area (Å²) >= 11 is 1.72. The number of nitrogens with zero attached hydrogens (tertiary/aromatic N) is 1. The molecule has 1 aliphatic heterocycles. The van der Waals surface area contributed by atoms with Crippen molar-refractivity contribution < 1.29 is 4.79 Å². The maximum atomic E-state index is 13.1. The van der Waals surface area contributed by atoms with E-state index in [9.17, 15) is 4.79 Å². The number of rotatable bonds is 6. The van der Waals surface area contributed by atoms with Gasteiger partial charge in [0.2, 0.25) is 5.91 Å². The molecule has 1 aliphatic carbocycles. The van der Waals surface area contributed by atoms with Gasteiger partial charge in [-0.05, 0) is 73.0 Å². The first kappa shape index (κ1) is 16.0. The van der Waals surface area contributed by atoms with E-state index in [2.05, 4.69) is 40.9 Å². The molecule has 0 aromatic carbocycles. The Morgan fingerprint density at radius 3 is 2.73 bits per heavy atom. The maximum Gasteiger partial charge on any atom is 0.226 e. The zero-order chi connectivity index (χ0) is 15.6. The van der Waals surface area contributed by atoms with Crippen LogP contribution in [0.25, 0.3) is 0 Å². The Hall–Kier alpha value is -0.870. The average molecular weight is 321 g/mol. The summed E-state index contributed by atoms with van der Waals surface area (Å²) in [6, 6.07) is 2.64. The fraction of sp³-hybridized carbons (Fsp3) is 0.722. The summed E-state index contributed by atoms with van der Waals surface area (Å²) in [5.41, 5.74) is 1.71. The molecule has 1 saturated carbocycles. The summed E-state index contributed by atoms with van der Waals surface area (Å²) in [4.78, 5) is 15.3. The Morgan fingerprint density at radius 2 is 2.14 bits per heavy atom. The topological polar surface area (TPSA) is 32.3 Å². The molecule has 1 atom stereocenters. The first-order valence-corrected chi connectivity index (χ1v) is 9.66. The second-order valence-corrected chi connectivity index (χ2v) is 7.72. The highest BCUT2D eigenvalue weighted by Gasteiger charge is 2.57. The van der Waals surface area contributed by atoms with Crippen molar-refractivity contribution in [3.05, 3.63) is 22.4 Å². The van der Waals surface area contributed by atoms with E-state index in [-0.39, 0.29) is 5.92 Å². The first-order valence-electron chi connectivity index (χ1n) is 8.72. The van der Waals surface area contributed by atoms with Crippen molar-refractivity contribution in [3.8, 4) is 0 Å². The molecular weight excluding hydrogens is 292 g/mol. The number of hydrogen-bond acceptors (Lipinski definition) is 3. The number of carbonyl (C=O) groups is 1. The highest BCUT2D eigenvalue weighted by Crippen LogP contribution is 2.56. The van der Waals surface area contributed by atoms with Crippen molar-refractivity contribution >= 4 is 17.2 Å². The minimum Gasteiger partial charge on any atom is -0.335 e. The zero-order valence-electron chi connectivity index (χ0n) is 13.8.